The van der Waals surface area contributed by atoms with Crippen LogP contribution in [0, 0.1) is 0 Å². The van der Waals surface area contributed by atoms with Crippen molar-refractivity contribution in [1.29, 1.82) is 0 Å². The van der Waals surface area contributed by atoms with Crippen LogP contribution in [0.15, 0.2) is 91.0 Å². The molecular weight excluding hydrogens is 348 g/mol. The average Bonchev–Trinajstić information content (AvgIpc) is 3.26. The summed E-state index contributed by atoms with van der Waals surface area (Å²) >= 11 is 0. The Labute approximate surface area is 166 Å². The zero-order valence-electron chi connectivity index (χ0n) is 16.0. The third-order valence-electron chi connectivity index (χ3n) is 5.57. The van der Waals surface area contributed by atoms with E-state index in [1.165, 1.54) is 0 Å². The standard InChI is InChI=1S/C25H26O3/c26-19-24(17-10-18-27-24)20-28-25(21-11-4-1-5-12-21,22-13-6-2-7-14-22)23-15-8-3-9-16-23/h1-9,11-16,26H,10,17-20H2. The molecule has 0 saturated carbocycles. The zero-order valence-corrected chi connectivity index (χ0v) is 16.0. The highest BCUT2D eigenvalue weighted by molar-refractivity contribution is 5.47. The van der Waals surface area contributed by atoms with E-state index in [-0.39, 0.29) is 6.61 Å². The largest absolute Gasteiger partial charge is 0.393 e. The van der Waals surface area contributed by atoms with E-state index >= 15 is 0 Å². The third kappa shape index (κ3) is 3.49. The highest BCUT2D eigenvalue weighted by atomic mass is 16.6. The van der Waals surface area contributed by atoms with E-state index in [0.717, 1.165) is 29.5 Å². The number of benzene rings is 3. The van der Waals surface area contributed by atoms with Crippen molar-refractivity contribution in [3.05, 3.63) is 108 Å². The van der Waals surface area contributed by atoms with Gasteiger partial charge in [0.1, 0.15) is 11.2 Å². The van der Waals surface area contributed by atoms with Crippen molar-refractivity contribution in [2.75, 3.05) is 19.8 Å². The maximum absolute atomic E-state index is 10.0. The molecule has 1 heterocycles. The van der Waals surface area contributed by atoms with Crippen LogP contribution in [0.3, 0.4) is 0 Å². The molecule has 0 radical (unpaired) electrons. The van der Waals surface area contributed by atoms with E-state index in [0.29, 0.717) is 13.2 Å². The highest BCUT2D eigenvalue weighted by Crippen LogP contribution is 2.42. The second kappa shape index (κ2) is 8.27. The molecule has 3 heteroatoms. The van der Waals surface area contributed by atoms with Crippen LogP contribution in [0.1, 0.15) is 29.5 Å². The summed E-state index contributed by atoms with van der Waals surface area (Å²) in [4.78, 5) is 0. The van der Waals surface area contributed by atoms with Crippen molar-refractivity contribution in [3.8, 4) is 0 Å². The molecule has 1 aliphatic heterocycles. The molecule has 0 aliphatic carbocycles. The lowest BCUT2D eigenvalue weighted by Crippen LogP contribution is -2.43. The molecule has 0 aromatic heterocycles. The Kier molecular flexibility index (Phi) is 5.58. The van der Waals surface area contributed by atoms with Crippen molar-refractivity contribution in [3.63, 3.8) is 0 Å². The van der Waals surface area contributed by atoms with Crippen LogP contribution >= 0.6 is 0 Å². The van der Waals surface area contributed by atoms with Gasteiger partial charge in [0, 0.05) is 6.61 Å². The first-order chi connectivity index (χ1) is 13.8. The van der Waals surface area contributed by atoms with E-state index in [1.54, 1.807) is 0 Å². The van der Waals surface area contributed by atoms with Crippen molar-refractivity contribution in [2.45, 2.75) is 24.0 Å². The smallest absolute Gasteiger partial charge is 0.143 e. The summed E-state index contributed by atoms with van der Waals surface area (Å²) in [6, 6.07) is 30.8. The van der Waals surface area contributed by atoms with Gasteiger partial charge in [0.05, 0.1) is 13.2 Å². The number of rotatable bonds is 7. The van der Waals surface area contributed by atoms with Crippen LogP contribution < -0.4 is 0 Å². The average molecular weight is 374 g/mol. The fourth-order valence-electron chi connectivity index (χ4n) is 4.05. The van der Waals surface area contributed by atoms with Crippen molar-refractivity contribution in [2.24, 2.45) is 0 Å². The van der Waals surface area contributed by atoms with Crippen molar-refractivity contribution < 1.29 is 14.6 Å². The topological polar surface area (TPSA) is 38.7 Å². The molecular formula is C25H26O3. The number of aliphatic hydroxyl groups excluding tert-OH is 1. The lowest BCUT2D eigenvalue weighted by Gasteiger charge is -2.39. The molecule has 1 aliphatic rings. The van der Waals surface area contributed by atoms with Gasteiger partial charge in [0.15, 0.2) is 0 Å². The fourth-order valence-corrected chi connectivity index (χ4v) is 4.05. The Morgan fingerprint density at radius 1 is 0.786 bits per heavy atom. The maximum atomic E-state index is 10.0. The second-order valence-electron chi connectivity index (χ2n) is 7.36. The van der Waals surface area contributed by atoms with Gasteiger partial charge in [-0.1, -0.05) is 91.0 Å². The Bertz CT molecular complexity index is 759. The van der Waals surface area contributed by atoms with Crippen LogP contribution in [0.2, 0.25) is 0 Å². The minimum atomic E-state index is -0.780. The summed E-state index contributed by atoms with van der Waals surface area (Å²) in [5.41, 5.74) is 1.75. The third-order valence-corrected chi connectivity index (χ3v) is 5.57. The van der Waals surface area contributed by atoms with Gasteiger partial charge in [-0.05, 0) is 29.5 Å². The molecule has 3 aromatic carbocycles. The Hall–Kier alpha value is -2.46. The summed E-state index contributed by atoms with van der Waals surface area (Å²) in [6.45, 7) is 0.947. The van der Waals surface area contributed by atoms with E-state index in [9.17, 15) is 5.11 Å². The molecule has 28 heavy (non-hydrogen) atoms. The molecule has 0 amide bonds. The summed E-state index contributed by atoms with van der Waals surface area (Å²) in [7, 11) is 0. The van der Waals surface area contributed by atoms with Gasteiger partial charge in [-0.3, -0.25) is 0 Å². The summed E-state index contributed by atoms with van der Waals surface area (Å²) < 4.78 is 12.7. The van der Waals surface area contributed by atoms with Crippen LogP contribution in [0.4, 0.5) is 0 Å². The first kappa shape index (κ1) is 18.9. The molecule has 1 atom stereocenters. The molecule has 0 bridgehead atoms. The molecule has 144 valence electrons. The van der Waals surface area contributed by atoms with Gasteiger partial charge in [0.25, 0.3) is 0 Å². The zero-order chi connectivity index (χ0) is 19.3. The monoisotopic (exact) mass is 374 g/mol. The second-order valence-corrected chi connectivity index (χ2v) is 7.36. The lowest BCUT2D eigenvalue weighted by atomic mass is 9.80. The van der Waals surface area contributed by atoms with E-state index in [1.807, 2.05) is 54.6 Å². The minimum absolute atomic E-state index is 0.0402. The fraction of sp³-hybridized carbons (Fsp3) is 0.280. The minimum Gasteiger partial charge on any atom is -0.393 e. The van der Waals surface area contributed by atoms with E-state index in [2.05, 4.69) is 36.4 Å². The Morgan fingerprint density at radius 3 is 1.61 bits per heavy atom. The van der Waals surface area contributed by atoms with Crippen LogP contribution in [-0.4, -0.2) is 30.5 Å². The first-order valence-corrected chi connectivity index (χ1v) is 9.84. The van der Waals surface area contributed by atoms with Gasteiger partial charge in [-0.2, -0.15) is 0 Å². The van der Waals surface area contributed by atoms with Crippen molar-refractivity contribution >= 4 is 0 Å². The molecule has 1 fully saturated rings. The van der Waals surface area contributed by atoms with Gasteiger partial charge in [-0.25, -0.2) is 0 Å². The summed E-state index contributed by atoms with van der Waals surface area (Å²) in [5.74, 6) is 0. The van der Waals surface area contributed by atoms with Crippen LogP contribution in [0.25, 0.3) is 0 Å². The molecule has 0 spiro atoms. The maximum Gasteiger partial charge on any atom is 0.143 e. The predicted molar refractivity (Wildman–Crippen MR) is 110 cm³/mol. The van der Waals surface area contributed by atoms with E-state index in [4.69, 9.17) is 9.47 Å². The van der Waals surface area contributed by atoms with Crippen LogP contribution in [-0.2, 0) is 15.1 Å². The first-order valence-electron chi connectivity index (χ1n) is 9.84. The van der Waals surface area contributed by atoms with Crippen molar-refractivity contribution in [1.82, 2.24) is 0 Å². The molecule has 3 aromatic rings. The summed E-state index contributed by atoms with van der Waals surface area (Å²) in [5, 5.41) is 10.0. The number of aliphatic hydroxyl groups is 1. The molecule has 4 rings (SSSR count). The lowest BCUT2D eigenvalue weighted by molar-refractivity contribution is -0.122. The SMILES string of the molecule is OCC1(COC(c2ccccc2)(c2ccccc2)c2ccccc2)CCCO1. The normalized spacial score (nSPS) is 19.6. The Morgan fingerprint density at radius 2 is 1.25 bits per heavy atom. The van der Waals surface area contributed by atoms with Gasteiger partial charge in [-0.15, -0.1) is 0 Å². The quantitative estimate of drug-likeness (QED) is 0.617. The van der Waals surface area contributed by atoms with Gasteiger partial charge < -0.3 is 14.6 Å². The number of hydrogen-bond acceptors (Lipinski definition) is 3. The molecule has 1 unspecified atom stereocenters. The Balaban J connectivity index is 1.86. The van der Waals surface area contributed by atoms with E-state index < -0.39 is 11.2 Å². The molecule has 1 N–H and O–H groups in total. The number of hydrogen-bond donors (Lipinski definition) is 1. The van der Waals surface area contributed by atoms with Crippen LogP contribution in [0.5, 0.6) is 0 Å². The van der Waals surface area contributed by atoms with Gasteiger partial charge >= 0.3 is 0 Å². The molecule has 3 nitrogen and oxygen atoms in total. The number of ether oxygens (including phenoxy) is 2. The summed E-state index contributed by atoms with van der Waals surface area (Å²) in [6.07, 6.45) is 1.75. The highest BCUT2D eigenvalue weighted by Gasteiger charge is 2.42. The molecule has 1 saturated heterocycles. The van der Waals surface area contributed by atoms with Gasteiger partial charge in [0.2, 0.25) is 0 Å². The predicted octanol–water partition coefficient (Wildman–Crippen LogP) is 4.54.